The summed E-state index contributed by atoms with van der Waals surface area (Å²) in [4.78, 5) is 0. The number of hydrogen-bond donors (Lipinski definition) is 0. The van der Waals surface area contributed by atoms with E-state index >= 15 is 0 Å². The van der Waals surface area contributed by atoms with Crippen LogP contribution >= 0.6 is 0 Å². The van der Waals surface area contributed by atoms with E-state index in [1.165, 1.54) is 16.9 Å². The first kappa shape index (κ1) is 7.05. The predicted molar refractivity (Wildman–Crippen MR) is 57.8 cm³/mol. The molecule has 0 saturated heterocycles. The highest BCUT2D eigenvalue weighted by atomic mass is 14.4. The van der Waals surface area contributed by atoms with Crippen molar-refractivity contribution in [2.45, 2.75) is 6.42 Å². The Balaban J connectivity index is 2.14. The summed E-state index contributed by atoms with van der Waals surface area (Å²) in [6, 6.07) is 8.85. The molecule has 68 valence electrons. The quantitative estimate of drug-likeness (QED) is 0.530. The molecule has 0 N–H and O–H groups in total. The van der Waals surface area contributed by atoms with Gasteiger partial charge in [0.05, 0.1) is 0 Å². The molecular formula is C14H12. The monoisotopic (exact) mass is 180 g/mol. The van der Waals surface area contributed by atoms with Crippen LogP contribution < -0.4 is 10.4 Å². The van der Waals surface area contributed by atoms with E-state index in [0.29, 0.717) is 0 Å². The largest absolute Gasteiger partial charge is 0.0839 e. The molecule has 1 aromatic rings. The van der Waals surface area contributed by atoms with Crippen LogP contribution in [0.2, 0.25) is 0 Å². The minimum Gasteiger partial charge on any atom is -0.0839 e. The zero-order valence-corrected chi connectivity index (χ0v) is 7.98. The van der Waals surface area contributed by atoms with Crippen molar-refractivity contribution in [1.29, 1.82) is 0 Å². The van der Waals surface area contributed by atoms with E-state index in [9.17, 15) is 0 Å². The Labute approximate surface area is 83.3 Å². The number of fused-ring (bicyclic) bond motifs is 6. The lowest BCUT2D eigenvalue weighted by Gasteiger charge is -2.13. The lowest BCUT2D eigenvalue weighted by atomic mass is 9.91. The first-order valence-corrected chi connectivity index (χ1v) is 5.43. The van der Waals surface area contributed by atoms with Crippen molar-refractivity contribution >= 4 is 11.6 Å². The van der Waals surface area contributed by atoms with E-state index < -0.39 is 0 Å². The van der Waals surface area contributed by atoms with Crippen LogP contribution in [0.15, 0.2) is 36.4 Å². The lowest BCUT2D eigenvalue weighted by molar-refractivity contribution is 0.633. The second kappa shape index (κ2) is 2.20. The van der Waals surface area contributed by atoms with Gasteiger partial charge in [0.1, 0.15) is 0 Å². The van der Waals surface area contributed by atoms with Gasteiger partial charge in [-0.15, -0.1) is 0 Å². The second-order valence-electron chi connectivity index (χ2n) is 4.63. The molecule has 3 aliphatic carbocycles. The molecule has 0 heterocycles. The third-order valence-electron chi connectivity index (χ3n) is 3.97. The number of benzene rings is 1. The molecule has 0 nitrogen and oxygen atoms in total. The number of hydrogen-bond acceptors (Lipinski definition) is 0. The van der Waals surface area contributed by atoms with Crippen LogP contribution in [-0.2, 0) is 0 Å². The van der Waals surface area contributed by atoms with E-state index in [1.807, 2.05) is 0 Å². The summed E-state index contributed by atoms with van der Waals surface area (Å²) in [5, 5.41) is 2.99. The highest BCUT2D eigenvalue weighted by Crippen LogP contribution is 2.49. The highest BCUT2D eigenvalue weighted by molar-refractivity contribution is 5.70. The maximum absolute atomic E-state index is 2.47. The van der Waals surface area contributed by atoms with Gasteiger partial charge in [-0.05, 0) is 34.3 Å². The summed E-state index contributed by atoms with van der Waals surface area (Å²) in [7, 11) is 0. The van der Waals surface area contributed by atoms with Crippen LogP contribution in [0.25, 0.3) is 11.6 Å². The summed E-state index contributed by atoms with van der Waals surface area (Å²) in [6.07, 6.45) is 8.66. The molecule has 0 amide bonds. The summed E-state index contributed by atoms with van der Waals surface area (Å²) in [6.45, 7) is 0. The topological polar surface area (TPSA) is 0 Å². The fraction of sp³-hybridized carbons (Fsp3) is 0.286. The van der Waals surface area contributed by atoms with Crippen LogP contribution in [0.4, 0.5) is 0 Å². The van der Waals surface area contributed by atoms with Crippen LogP contribution in [0, 0.1) is 17.8 Å². The minimum atomic E-state index is 0.738. The SMILES string of the molecule is C1=CC2CC1C1=c3ccccc3=CC12. The standard InChI is InChI=1S/C14H12/c1-2-4-12-9(3-1)8-13-10-5-6-11(7-10)14(12)13/h1-6,8,10-11,13H,7H2. The maximum Gasteiger partial charge on any atom is 0.00642 e. The van der Waals surface area contributed by atoms with Crippen LogP contribution in [-0.4, -0.2) is 0 Å². The summed E-state index contributed by atoms with van der Waals surface area (Å²) >= 11 is 0. The average Bonchev–Trinajstić information content (AvgIpc) is 2.88. The molecule has 4 rings (SSSR count). The van der Waals surface area contributed by atoms with Gasteiger partial charge in [-0.3, -0.25) is 0 Å². The summed E-state index contributed by atoms with van der Waals surface area (Å²) in [5.41, 5.74) is 1.70. The predicted octanol–water partition coefficient (Wildman–Crippen LogP) is 1.45. The Morgan fingerprint density at radius 2 is 2.00 bits per heavy atom. The Morgan fingerprint density at radius 1 is 1.07 bits per heavy atom. The lowest BCUT2D eigenvalue weighted by Crippen LogP contribution is -2.23. The summed E-state index contributed by atoms with van der Waals surface area (Å²) < 4.78 is 0. The third kappa shape index (κ3) is 0.672. The maximum atomic E-state index is 2.47. The minimum absolute atomic E-state index is 0.738. The van der Waals surface area contributed by atoms with Crippen LogP contribution in [0.5, 0.6) is 0 Å². The third-order valence-corrected chi connectivity index (χ3v) is 3.97. The molecular weight excluding hydrogens is 168 g/mol. The zero-order valence-electron chi connectivity index (χ0n) is 7.98. The molecule has 3 aliphatic rings. The van der Waals surface area contributed by atoms with Crippen LogP contribution in [0.3, 0.4) is 0 Å². The van der Waals surface area contributed by atoms with Crippen molar-refractivity contribution in [2.24, 2.45) is 17.8 Å². The van der Waals surface area contributed by atoms with E-state index in [4.69, 9.17) is 0 Å². The van der Waals surface area contributed by atoms with Gasteiger partial charge in [-0.2, -0.15) is 0 Å². The normalized spacial score (nSPS) is 35.7. The van der Waals surface area contributed by atoms with Gasteiger partial charge in [-0.1, -0.05) is 42.5 Å². The summed E-state index contributed by atoms with van der Waals surface area (Å²) in [5.74, 6) is 2.30. The molecule has 0 spiro atoms. The Kier molecular flexibility index (Phi) is 1.11. The number of allylic oxidation sites excluding steroid dienone is 2. The first-order valence-electron chi connectivity index (χ1n) is 5.43. The van der Waals surface area contributed by atoms with Crippen molar-refractivity contribution in [1.82, 2.24) is 0 Å². The molecule has 0 radical (unpaired) electrons. The first-order chi connectivity index (χ1) is 6.93. The molecule has 3 unspecified atom stereocenters. The molecule has 0 aromatic heterocycles. The van der Waals surface area contributed by atoms with E-state index in [-0.39, 0.29) is 0 Å². The van der Waals surface area contributed by atoms with Gasteiger partial charge in [0.15, 0.2) is 0 Å². The van der Waals surface area contributed by atoms with Crippen molar-refractivity contribution < 1.29 is 0 Å². The second-order valence-corrected chi connectivity index (χ2v) is 4.63. The molecule has 14 heavy (non-hydrogen) atoms. The molecule has 2 bridgehead atoms. The van der Waals surface area contributed by atoms with Crippen LogP contribution in [0.1, 0.15) is 6.42 Å². The number of rotatable bonds is 0. The fourth-order valence-electron chi connectivity index (χ4n) is 3.39. The molecule has 1 fully saturated rings. The van der Waals surface area contributed by atoms with E-state index in [1.54, 1.807) is 5.57 Å². The zero-order chi connectivity index (χ0) is 9.12. The average molecular weight is 180 g/mol. The van der Waals surface area contributed by atoms with Gasteiger partial charge in [0.2, 0.25) is 0 Å². The smallest absolute Gasteiger partial charge is 0.00642 e. The van der Waals surface area contributed by atoms with Gasteiger partial charge in [0.25, 0.3) is 0 Å². The van der Waals surface area contributed by atoms with E-state index in [2.05, 4.69) is 42.5 Å². The molecule has 1 aromatic carbocycles. The van der Waals surface area contributed by atoms with Gasteiger partial charge < -0.3 is 0 Å². The Hall–Kier alpha value is -1.30. The van der Waals surface area contributed by atoms with Crippen molar-refractivity contribution in [3.8, 4) is 0 Å². The Bertz CT molecular complexity index is 548. The van der Waals surface area contributed by atoms with Crippen molar-refractivity contribution in [3.63, 3.8) is 0 Å². The highest BCUT2D eigenvalue weighted by Gasteiger charge is 2.40. The van der Waals surface area contributed by atoms with Gasteiger partial charge in [0, 0.05) is 5.92 Å². The molecule has 0 heteroatoms. The van der Waals surface area contributed by atoms with Crippen molar-refractivity contribution in [3.05, 3.63) is 46.9 Å². The molecule has 1 saturated carbocycles. The Morgan fingerprint density at radius 3 is 3.00 bits per heavy atom. The fourth-order valence-corrected chi connectivity index (χ4v) is 3.39. The van der Waals surface area contributed by atoms with Gasteiger partial charge in [-0.25, -0.2) is 0 Å². The molecule has 0 aliphatic heterocycles. The van der Waals surface area contributed by atoms with Crippen molar-refractivity contribution in [2.75, 3.05) is 0 Å². The van der Waals surface area contributed by atoms with Gasteiger partial charge >= 0.3 is 0 Å². The van der Waals surface area contributed by atoms with E-state index in [0.717, 1.165) is 17.8 Å². The molecule has 3 atom stereocenters.